The summed E-state index contributed by atoms with van der Waals surface area (Å²) in [5.74, 6) is -0.380. The van der Waals surface area contributed by atoms with E-state index in [9.17, 15) is 38.4 Å². The van der Waals surface area contributed by atoms with E-state index < -0.39 is 124 Å². The molecular formula is C63H80N4O12. The molecule has 0 saturated carbocycles. The molecule has 424 valence electrons. The van der Waals surface area contributed by atoms with Crippen LogP contribution in [0.15, 0.2) is 131 Å². The van der Waals surface area contributed by atoms with Gasteiger partial charge in [0.25, 0.3) is 0 Å². The summed E-state index contributed by atoms with van der Waals surface area (Å²) in [5.41, 5.74) is 0.376. The largest absolute Gasteiger partial charge is 0.460 e. The second-order valence-corrected chi connectivity index (χ2v) is 22.0. The standard InChI is InChI=1S/C63H80N4O12/c1-35(2)50(36(3)4)64-27-46(54(68)41(13)14)58(72)76-31-63(32-77-59(73)47(55(69)42(15)16)28-65-51(37(5)6)38(7)8,33-78-60(74)48(56(70)43(17)18)29-66-52(39(9)10)40(11)12)34-79-61(75)49(57(71)62(21,22)23)30-67-53-44(19)25-24-26-45(53)20/h24-26,41-43H,1,5,9,31-34H2,2-4,6-8,10-23H3. The van der Waals surface area contributed by atoms with Crippen LogP contribution in [0, 0.1) is 42.4 Å². The molecule has 16 heteroatoms. The Balaban J connectivity index is 4.70. The van der Waals surface area contributed by atoms with E-state index in [1.807, 2.05) is 6.07 Å². The van der Waals surface area contributed by atoms with Crippen LogP contribution in [0.1, 0.15) is 136 Å². The monoisotopic (exact) mass is 1080 g/mol. The molecule has 79 heavy (non-hydrogen) atoms. The van der Waals surface area contributed by atoms with Gasteiger partial charge in [0.15, 0.2) is 45.4 Å². The normalized spacial score (nSPS) is 11.3. The first-order valence-corrected chi connectivity index (χ1v) is 25.7. The lowest BCUT2D eigenvalue weighted by atomic mass is 9.86. The Labute approximate surface area is 467 Å². The van der Waals surface area contributed by atoms with E-state index in [-0.39, 0.29) is 0 Å². The number of allylic oxidation sites excluding steroid dienone is 6. The number of Topliss-reactive ketones (excluding diaryl/α,β-unsaturated/α-hetero) is 4. The molecule has 0 atom stereocenters. The number of esters is 4. The first kappa shape index (κ1) is 69.0. The number of para-hydroxylation sites is 1. The summed E-state index contributed by atoms with van der Waals surface area (Å²) in [6, 6.07) is 5.37. The average Bonchev–Trinajstić information content (AvgIpc) is 3.33. The van der Waals surface area contributed by atoms with E-state index in [2.05, 4.69) is 63.2 Å². The van der Waals surface area contributed by atoms with Gasteiger partial charge in [0.1, 0.15) is 31.8 Å². The third kappa shape index (κ3) is 21.1. The number of benzene rings is 1. The summed E-state index contributed by atoms with van der Waals surface area (Å²) in [4.78, 5) is 130. The molecule has 0 N–H and O–H groups in total. The van der Waals surface area contributed by atoms with Gasteiger partial charge in [-0.2, -0.15) is 0 Å². The summed E-state index contributed by atoms with van der Waals surface area (Å²) in [6.07, 6.45) is 0. The molecule has 0 aliphatic rings. The molecular weight excluding hydrogens is 1000 g/mol. The van der Waals surface area contributed by atoms with E-state index in [0.717, 1.165) is 0 Å². The van der Waals surface area contributed by atoms with Crippen LogP contribution in [0.3, 0.4) is 0 Å². The third-order valence-corrected chi connectivity index (χ3v) is 11.3. The van der Waals surface area contributed by atoms with Gasteiger partial charge in [0, 0.05) is 46.6 Å². The predicted molar refractivity (Wildman–Crippen MR) is 309 cm³/mol. The number of aliphatic imine (C=N–C) groups is 4. The van der Waals surface area contributed by atoms with E-state index >= 15 is 0 Å². The Bertz CT molecular complexity index is 2790. The van der Waals surface area contributed by atoms with Crippen molar-refractivity contribution in [2.24, 2.45) is 48.6 Å². The summed E-state index contributed by atoms with van der Waals surface area (Å²) in [7, 11) is 0. The van der Waals surface area contributed by atoms with E-state index in [4.69, 9.17) is 18.9 Å². The van der Waals surface area contributed by atoms with Crippen molar-refractivity contribution in [1.82, 2.24) is 0 Å². The van der Waals surface area contributed by atoms with Crippen LogP contribution < -0.4 is 0 Å². The van der Waals surface area contributed by atoms with Crippen molar-refractivity contribution in [3.8, 4) is 0 Å². The SMILES string of the molecule is C=C(C)C(N=C=C(C(=O)OCC(COC(=O)C(=C=NC(C(=C)C)=C(C)C)C(=O)C(C)C)(COC(=O)C(=C=NC(C(=C)C)=C(C)C)C(=O)C(C)C)COC(=O)C(=C=Nc1c(C)cccc1C)C(=O)C(C)(C)C)C(=O)C(C)C)=C(C)C. The number of rotatable bonds is 26. The molecule has 1 aromatic rings. The van der Waals surface area contributed by atoms with E-state index in [1.54, 1.807) is 109 Å². The topological polar surface area (TPSA) is 223 Å². The Hall–Kier alpha value is -7.98. The van der Waals surface area contributed by atoms with Crippen LogP contribution in [0.25, 0.3) is 0 Å². The number of ketones is 4. The van der Waals surface area contributed by atoms with Gasteiger partial charge in [0.2, 0.25) is 0 Å². The van der Waals surface area contributed by atoms with Gasteiger partial charge >= 0.3 is 23.9 Å². The van der Waals surface area contributed by atoms with Crippen molar-refractivity contribution < 1.29 is 57.3 Å². The number of hydrogen-bond acceptors (Lipinski definition) is 16. The van der Waals surface area contributed by atoms with Crippen molar-refractivity contribution in [2.45, 2.75) is 138 Å². The predicted octanol–water partition coefficient (Wildman–Crippen LogP) is 11.4. The number of carbonyl (C=O) groups is 8. The lowest BCUT2D eigenvalue weighted by Gasteiger charge is -2.32. The number of hydrogen-bond donors (Lipinski definition) is 0. The third-order valence-electron chi connectivity index (χ3n) is 11.3. The van der Waals surface area contributed by atoms with Gasteiger partial charge in [-0.05, 0) is 121 Å². The van der Waals surface area contributed by atoms with Gasteiger partial charge in [-0.1, -0.05) is 100 Å². The van der Waals surface area contributed by atoms with Crippen molar-refractivity contribution in [1.29, 1.82) is 0 Å². The first-order valence-electron chi connectivity index (χ1n) is 25.7. The highest BCUT2D eigenvalue weighted by atomic mass is 16.6. The Morgan fingerprint density at radius 2 is 0.734 bits per heavy atom. The fourth-order valence-electron chi connectivity index (χ4n) is 6.78. The first-order chi connectivity index (χ1) is 36.4. The summed E-state index contributed by atoms with van der Waals surface area (Å²) in [6.45, 7) is 40.6. The molecule has 1 aromatic carbocycles. The maximum atomic E-state index is 14.5. The van der Waals surface area contributed by atoms with Gasteiger partial charge in [-0.15, -0.1) is 0 Å². The zero-order chi connectivity index (χ0) is 61.0. The second kappa shape index (κ2) is 30.8. The zero-order valence-electron chi connectivity index (χ0n) is 50.1. The molecule has 0 fully saturated rings. The summed E-state index contributed by atoms with van der Waals surface area (Å²) < 4.78 is 23.5. The molecule has 0 aliphatic carbocycles. The summed E-state index contributed by atoms with van der Waals surface area (Å²) in [5, 5.41) is 0. The lowest BCUT2D eigenvalue weighted by Crippen LogP contribution is -2.45. The van der Waals surface area contributed by atoms with Gasteiger partial charge in [-0.25, -0.2) is 39.1 Å². The number of aryl methyl sites for hydroxylation is 2. The van der Waals surface area contributed by atoms with E-state index in [1.165, 1.54) is 41.5 Å². The Morgan fingerprint density at radius 1 is 0.468 bits per heavy atom. The fraction of sp³-hybridized carbons (Fsp3) is 0.460. The molecule has 0 aromatic heterocycles. The maximum Gasteiger partial charge on any atom is 0.351 e. The zero-order valence-corrected chi connectivity index (χ0v) is 50.1. The molecule has 0 radical (unpaired) electrons. The quantitative estimate of drug-likeness (QED) is 0.0161. The summed E-state index contributed by atoms with van der Waals surface area (Å²) >= 11 is 0. The van der Waals surface area contributed by atoms with Crippen molar-refractivity contribution >= 4 is 76.2 Å². The van der Waals surface area contributed by atoms with Crippen LogP contribution in [-0.2, 0) is 57.3 Å². The van der Waals surface area contributed by atoms with Crippen LogP contribution in [0.4, 0.5) is 5.69 Å². The molecule has 0 aliphatic heterocycles. The highest BCUT2D eigenvalue weighted by Crippen LogP contribution is 2.28. The van der Waals surface area contributed by atoms with Gasteiger partial charge in [0.05, 0.1) is 22.8 Å². The minimum Gasteiger partial charge on any atom is -0.460 e. The van der Waals surface area contributed by atoms with Crippen molar-refractivity contribution in [3.63, 3.8) is 0 Å². The molecule has 16 nitrogen and oxygen atoms in total. The van der Waals surface area contributed by atoms with Crippen molar-refractivity contribution in [2.75, 3.05) is 26.4 Å². The van der Waals surface area contributed by atoms with Crippen LogP contribution in [0.5, 0.6) is 0 Å². The molecule has 0 unspecified atom stereocenters. The number of carbonyl (C=O) groups excluding carboxylic acids is 8. The van der Waals surface area contributed by atoms with Gasteiger partial charge in [-0.3, -0.25) is 19.2 Å². The minimum absolute atomic E-state index is 0.336. The van der Waals surface area contributed by atoms with E-state index in [0.29, 0.717) is 67.3 Å². The number of nitrogens with zero attached hydrogens (tertiary/aromatic N) is 4. The maximum absolute atomic E-state index is 14.5. The molecule has 0 bridgehead atoms. The average molecular weight is 1090 g/mol. The number of ether oxygens (including phenoxy) is 4. The van der Waals surface area contributed by atoms with Crippen LogP contribution in [0.2, 0.25) is 0 Å². The highest BCUT2D eigenvalue weighted by Gasteiger charge is 2.42. The van der Waals surface area contributed by atoms with Crippen molar-refractivity contribution in [3.05, 3.63) is 122 Å². The second-order valence-electron chi connectivity index (χ2n) is 22.0. The smallest absolute Gasteiger partial charge is 0.351 e. The minimum atomic E-state index is -2.22. The molecule has 1 rings (SSSR count). The molecule has 0 heterocycles. The van der Waals surface area contributed by atoms with Gasteiger partial charge < -0.3 is 18.9 Å². The highest BCUT2D eigenvalue weighted by molar-refractivity contribution is 6.26. The molecule has 0 amide bonds. The molecule has 0 spiro atoms. The fourth-order valence-corrected chi connectivity index (χ4v) is 6.78. The Kier molecular flexibility index (Phi) is 26.9. The Morgan fingerprint density at radius 3 is 0.962 bits per heavy atom. The van der Waals surface area contributed by atoms with Crippen LogP contribution in [-0.4, -0.2) is 96.9 Å². The lowest BCUT2D eigenvalue weighted by molar-refractivity contribution is -0.165. The van der Waals surface area contributed by atoms with Crippen LogP contribution >= 0.6 is 0 Å². The molecule has 0 saturated heterocycles.